The molecule has 0 radical (unpaired) electrons. The Morgan fingerprint density at radius 3 is 2.02 bits per heavy atom. The van der Waals surface area contributed by atoms with Gasteiger partial charge in [0.05, 0.1) is 34.5 Å². The van der Waals surface area contributed by atoms with E-state index in [9.17, 15) is 0 Å². The maximum Gasteiger partial charge on any atom is 0.145 e. The summed E-state index contributed by atoms with van der Waals surface area (Å²) in [6.07, 6.45) is 5.56. The molecular weight excluding hydrogens is 568 g/mol. The summed E-state index contributed by atoms with van der Waals surface area (Å²) in [5.74, 6) is 1.52. The second-order valence-electron chi connectivity index (χ2n) is 12.5. The molecular formula is C38H34N8. The lowest BCUT2D eigenvalue weighted by Crippen LogP contribution is -2.19. The van der Waals surface area contributed by atoms with Gasteiger partial charge in [0.1, 0.15) is 11.6 Å². The molecule has 4 aromatic carbocycles. The Hall–Kier alpha value is -5.76. The predicted octanol–water partition coefficient (Wildman–Crippen LogP) is 8.39. The van der Waals surface area contributed by atoms with Crippen LogP contribution in [0.15, 0.2) is 104 Å². The van der Waals surface area contributed by atoms with E-state index in [1.165, 1.54) is 33.0 Å². The molecule has 0 fully saturated rings. The Morgan fingerprint density at radius 2 is 1.28 bits per heavy atom. The molecule has 8 nitrogen and oxygen atoms in total. The van der Waals surface area contributed by atoms with Gasteiger partial charge in [-0.25, -0.2) is 9.97 Å². The molecule has 4 N–H and O–H groups in total. The highest BCUT2D eigenvalue weighted by Gasteiger charge is 2.26. The molecule has 0 unspecified atom stereocenters. The maximum absolute atomic E-state index is 4.92. The monoisotopic (exact) mass is 602 g/mol. The fraction of sp³-hybridized carbons (Fsp3) is 0.158. The molecule has 0 aliphatic carbocycles. The van der Waals surface area contributed by atoms with Gasteiger partial charge in [-0.15, -0.1) is 0 Å². The summed E-state index contributed by atoms with van der Waals surface area (Å²) in [7, 11) is 0. The first-order chi connectivity index (χ1) is 22.4. The van der Waals surface area contributed by atoms with E-state index in [1.54, 1.807) is 12.4 Å². The summed E-state index contributed by atoms with van der Waals surface area (Å²) in [5.41, 5.74) is 11.3. The summed E-state index contributed by atoms with van der Waals surface area (Å²) < 4.78 is 0. The second-order valence-corrected chi connectivity index (χ2v) is 12.5. The molecule has 8 aromatic rings. The highest BCUT2D eigenvalue weighted by atomic mass is 15.0. The molecule has 8 rings (SSSR count). The molecule has 0 spiro atoms. The fourth-order valence-electron chi connectivity index (χ4n) is 6.06. The minimum absolute atomic E-state index is 0.277. The number of hydrogen-bond donors (Lipinski definition) is 4. The quantitative estimate of drug-likeness (QED) is 0.139. The Labute approximate surface area is 266 Å². The number of anilines is 2. The van der Waals surface area contributed by atoms with Crippen LogP contribution in [0.1, 0.15) is 41.8 Å². The van der Waals surface area contributed by atoms with E-state index in [0.717, 1.165) is 50.4 Å². The number of hydrogen-bond acceptors (Lipinski definition) is 6. The minimum Gasteiger partial charge on any atom is -0.365 e. The lowest BCUT2D eigenvalue weighted by Gasteiger charge is -2.24. The van der Waals surface area contributed by atoms with Crippen molar-refractivity contribution in [2.75, 3.05) is 10.6 Å². The maximum atomic E-state index is 4.92. The van der Waals surface area contributed by atoms with Crippen molar-refractivity contribution in [3.8, 4) is 0 Å². The topological polar surface area (TPSA) is 107 Å². The van der Waals surface area contributed by atoms with Gasteiger partial charge in [-0.2, -0.15) is 0 Å². The first-order valence-electron chi connectivity index (χ1n) is 15.5. The largest absolute Gasteiger partial charge is 0.365 e. The number of aromatic amines is 2. The van der Waals surface area contributed by atoms with Crippen LogP contribution in [0.2, 0.25) is 0 Å². The van der Waals surface area contributed by atoms with E-state index < -0.39 is 0 Å². The molecule has 0 aliphatic heterocycles. The summed E-state index contributed by atoms with van der Waals surface area (Å²) in [6, 6.07) is 29.8. The van der Waals surface area contributed by atoms with Gasteiger partial charge < -0.3 is 20.6 Å². The highest BCUT2D eigenvalue weighted by Crippen LogP contribution is 2.34. The van der Waals surface area contributed by atoms with Gasteiger partial charge in [0.2, 0.25) is 0 Å². The van der Waals surface area contributed by atoms with Crippen molar-refractivity contribution in [3.63, 3.8) is 0 Å². The summed E-state index contributed by atoms with van der Waals surface area (Å²) >= 11 is 0. The lowest BCUT2D eigenvalue weighted by atomic mass is 9.81. The Balaban J connectivity index is 1.00. The third kappa shape index (κ3) is 5.28. The first kappa shape index (κ1) is 27.8. The van der Waals surface area contributed by atoms with Gasteiger partial charge in [0, 0.05) is 41.4 Å². The third-order valence-corrected chi connectivity index (χ3v) is 8.89. The minimum atomic E-state index is -0.277. The van der Waals surface area contributed by atoms with Gasteiger partial charge in [0.25, 0.3) is 0 Å². The van der Waals surface area contributed by atoms with E-state index in [4.69, 9.17) is 9.97 Å². The van der Waals surface area contributed by atoms with E-state index in [2.05, 4.69) is 130 Å². The Bertz CT molecular complexity index is 2380. The van der Waals surface area contributed by atoms with Gasteiger partial charge >= 0.3 is 0 Å². The fourth-order valence-corrected chi connectivity index (χ4v) is 6.06. The van der Waals surface area contributed by atoms with Crippen LogP contribution in [0.4, 0.5) is 11.6 Å². The molecule has 0 saturated heterocycles. The SMILES string of the molecule is Cc1ccc2ncc(NCc3ccc4cc(C(C)(C)c5ccc6ncc(NCc7ccc8cc[nH]c8c7)nc6c5)[nH]c4c3)nc2c1. The summed E-state index contributed by atoms with van der Waals surface area (Å²) in [4.78, 5) is 25.9. The number of nitrogens with one attached hydrogen (secondary N) is 4. The third-order valence-electron chi connectivity index (χ3n) is 8.89. The number of rotatable bonds is 8. The van der Waals surface area contributed by atoms with E-state index >= 15 is 0 Å². The van der Waals surface area contributed by atoms with E-state index in [1.807, 2.05) is 12.3 Å². The molecule has 8 heteroatoms. The second kappa shape index (κ2) is 11.0. The van der Waals surface area contributed by atoms with Gasteiger partial charge in [-0.05, 0) is 88.5 Å². The van der Waals surface area contributed by atoms with Crippen molar-refractivity contribution < 1.29 is 0 Å². The van der Waals surface area contributed by atoms with Crippen LogP contribution >= 0.6 is 0 Å². The van der Waals surface area contributed by atoms with Crippen LogP contribution < -0.4 is 10.6 Å². The van der Waals surface area contributed by atoms with Gasteiger partial charge in [0.15, 0.2) is 0 Å². The Morgan fingerprint density at radius 1 is 0.630 bits per heavy atom. The predicted molar refractivity (Wildman–Crippen MR) is 187 cm³/mol. The van der Waals surface area contributed by atoms with Crippen LogP contribution in [-0.4, -0.2) is 29.9 Å². The van der Waals surface area contributed by atoms with Crippen LogP contribution in [0, 0.1) is 6.92 Å². The van der Waals surface area contributed by atoms with Gasteiger partial charge in [-0.1, -0.05) is 50.2 Å². The van der Waals surface area contributed by atoms with Crippen LogP contribution in [0.25, 0.3) is 43.9 Å². The molecule has 0 atom stereocenters. The number of H-pyrrole nitrogens is 2. The van der Waals surface area contributed by atoms with Crippen LogP contribution in [0.5, 0.6) is 0 Å². The summed E-state index contributed by atoms with van der Waals surface area (Å²) in [5, 5.41) is 9.27. The average Bonchev–Trinajstić information content (AvgIpc) is 3.73. The number of aryl methyl sites for hydroxylation is 1. The van der Waals surface area contributed by atoms with E-state index in [-0.39, 0.29) is 5.41 Å². The standard InChI is InChI=1S/C38H34N8/c1-23-4-10-29-33(14-23)45-36(21-40-29)43-20-25-6-8-27-17-35(44-32(27)16-25)38(2,3)28-9-11-30-34(18-28)46-37(22-41-30)42-19-24-5-7-26-12-13-39-31(26)15-24/h4-18,21-22,39,44H,19-20H2,1-3H3,(H,42,46)(H,43,45). The van der Waals surface area contributed by atoms with Crippen molar-refractivity contribution in [1.29, 1.82) is 0 Å². The Kier molecular flexibility index (Phi) is 6.64. The zero-order chi connectivity index (χ0) is 31.3. The zero-order valence-corrected chi connectivity index (χ0v) is 26.0. The van der Waals surface area contributed by atoms with Crippen molar-refractivity contribution >= 4 is 55.5 Å². The van der Waals surface area contributed by atoms with Crippen LogP contribution in [0.3, 0.4) is 0 Å². The molecule has 0 saturated carbocycles. The lowest BCUT2D eigenvalue weighted by molar-refractivity contribution is 0.624. The number of nitrogens with zero attached hydrogens (tertiary/aromatic N) is 4. The molecule has 226 valence electrons. The normalized spacial score (nSPS) is 12.0. The van der Waals surface area contributed by atoms with Gasteiger partial charge in [-0.3, -0.25) is 9.97 Å². The van der Waals surface area contributed by atoms with Crippen LogP contribution in [-0.2, 0) is 18.5 Å². The van der Waals surface area contributed by atoms with Crippen molar-refractivity contribution in [3.05, 3.63) is 131 Å². The average molecular weight is 603 g/mol. The number of fused-ring (bicyclic) bond motifs is 4. The molecule has 0 bridgehead atoms. The number of benzene rings is 4. The van der Waals surface area contributed by atoms with Crippen molar-refractivity contribution in [1.82, 2.24) is 29.9 Å². The molecule has 46 heavy (non-hydrogen) atoms. The zero-order valence-electron chi connectivity index (χ0n) is 26.0. The summed E-state index contributed by atoms with van der Waals surface area (Å²) in [6.45, 7) is 7.88. The molecule has 0 aliphatic rings. The molecule has 0 amide bonds. The number of aromatic nitrogens is 6. The van der Waals surface area contributed by atoms with Crippen molar-refractivity contribution in [2.45, 2.75) is 39.3 Å². The first-order valence-corrected chi connectivity index (χ1v) is 15.5. The van der Waals surface area contributed by atoms with E-state index in [0.29, 0.717) is 13.1 Å². The highest BCUT2D eigenvalue weighted by molar-refractivity contribution is 5.83. The van der Waals surface area contributed by atoms with Crippen molar-refractivity contribution in [2.24, 2.45) is 0 Å². The molecule has 4 aromatic heterocycles. The smallest absolute Gasteiger partial charge is 0.145 e. The molecule has 4 heterocycles.